The number of benzene rings is 2. The van der Waals surface area contributed by atoms with Crippen molar-refractivity contribution in [3.63, 3.8) is 0 Å². The zero-order chi connectivity index (χ0) is 21.3. The van der Waals surface area contributed by atoms with Crippen molar-refractivity contribution in [1.29, 1.82) is 0 Å². The number of aromatic amines is 1. The summed E-state index contributed by atoms with van der Waals surface area (Å²) in [6.45, 7) is 0. The fraction of sp³-hybridized carbons (Fsp3) is 0.318. The van der Waals surface area contributed by atoms with E-state index in [1.807, 2.05) is 24.3 Å². The summed E-state index contributed by atoms with van der Waals surface area (Å²) in [5.74, 6) is 0.750. The molecule has 0 saturated heterocycles. The number of aromatic nitrogens is 4. The Morgan fingerprint density at radius 3 is 2.71 bits per heavy atom. The summed E-state index contributed by atoms with van der Waals surface area (Å²) in [6.07, 6.45) is 3.41. The fourth-order valence-corrected chi connectivity index (χ4v) is 4.33. The average molecular weight is 418 g/mol. The van der Waals surface area contributed by atoms with Crippen molar-refractivity contribution >= 4 is 17.5 Å². The van der Waals surface area contributed by atoms with Crippen molar-refractivity contribution in [3.05, 3.63) is 65.5 Å². The van der Waals surface area contributed by atoms with Crippen LogP contribution in [-0.2, 0) is 16.8 Å². The first-order valence-corrected chi connectivity index (χ1v) is 10.3. The Hall–Kier alpha value is -3.75. The molecule has 2 aromatic carbocycles. The van der Waals surface area contributed by atoms with Crippen molar-refractivity contribution in [2.24, 2.45) is 0 Å². The van der Waals surface area contributed by atoms with Crippen molar-refractivity contribution in [2.45, 2.75) is 43.7 Å². The van der Waals surface area contributed by atoms with E-state index >= 15 is 0 Å². The van der Waals surface area contributed by atoms with Gasteiger partial charge in [-0.25, -0.2) is 0 Å². The second-order valence-corrected chi connectivity index (χ2v) is 7.97. The number of ether oxygens (including phenoxy) is 1. The lowest BCUT2D eigenvalue weighted by atomic mass is 9.96. The van der Waals surface area contributed by atoms with Gasteiger partial charge in [-0.1, -0.05) is 42.3 Å². The van der Waals surface area contributed by atoms with E-state index in [1.54, 1.807) is 24.3 Å². The number of anilines is 1. The number of carbonyl (C=O) groups excluding carboxylic acids is 2. The third-order valence-electron chi connectivity index (χ3n) is 5.92. The molecule has 1 saturated carbocycles. The first-order valence-electron chi connectivity index (χ1n) is 10.3. The number of fused-ring (bicyclic) bond motifs is 1. The van der Waals surface area contributed by atoms with Crippen molar-refractivity contribution < 1.29 is 14.3 Å². The van der Waals surface area contributed by atoms with E-state index < -0.39 is 11.6 Å². The highest BCUT2D eigenvalue weighted by molar-refractivity contribution is 5.99. The molecule has 1 unspecified atom stereocenters. The number of amides is 2. The van der Waals surface area contributed by atoms with Gasteiger partial charge < -0.3 is 15.4 Å². The third kappa shape index (κ3) is 3.74. The minimum Gasteiger partial charge on any atom is -0.480 e. The third-order valence-corrected chi connectivity index (χ3v) is 5.92. The molecule has 5 rings (SSSR count). The van der Waals surface area contributed by atoms with Gasteiger partial charge in [-0.05, 0) is 42.7 Å². The molecule has 1 atom stereocenters. The zero-order valence-corrected chi connectivity index (χ0v) is 16.8. The quantitative estimate of drug-likeness (QED) is 0.585. The van der Waals surface area contributed by atoms with Crippen LogP contribution in [0.5, 0.6) is 5.75 Å². The molecule has 1 fully saturated rings. The molecule has 3 N–H and O–H groups in total. The highest BCUT2D eigenvalue weighted by Gasteiger charge is 2.41. The van der Waals surface area contributed by atoms with Crippen LogP contribution in [0.15, 0.2) is 48.5 Å². The molecule has 2 amide bonds. The van der Waals surface area contributed by atoms with Gasteiger partial charge in [0.15, 0.2) is 11.9 Å². The van der Waals surface area contributed by atoms with Crippen LogP contribution in [0, 0.1) is 0 Å². The summed E-state index contributed by atoms with van der Waals surface area (Å²) >= 11 is 0. The number of hydrogen-bond donors (Lipinski definition) is 3. The first kappa shape index (κ1) is 19.2. The molecule has 0 radical (unpaired) electrons. The topological polar surface area (TPSA) is 122 Å². The number of carbonyl (C=O) groups is 2. The van der Waals surface area contributed by atoms with Gasteiger partial charge in [0.2, 0.25) is 0 Å². The van der Waals surface area contributed by atoms with E-state index in [9.17, 15) is 9.59 Å². The Bertz CT molecular complexity index is 1080. The molecule has 1 aliphatic carbocycles. The summed E-state index contributed by atoms with van der Waals surface area (Å²) in [7, 11) is 0. The van der Waals surface area contributed by atoms with Crippen LogP contribution in [0.2, 0.25) is 0 Å². The first-order chi connectivity index (χ1) is 15.1. The lowest BCUT2D eigenvalue weighted by Gasteiger charge is -2.26. The zero-order valence-electron chi connectivity index (χ0n) is 16.8. The second-order valence-electron chi connectivity index (χ2n) is 7.97. The monoisotopic (exact) mass is 418 g/mol. The van der Waals surface area contributed by atoms with Crippen LogP contribution in [0.4, 0.5) is 5.69 Å². The van der Waals surface area contributed by atoms with Gasteiger partial charge in [0.05, 0.1) is 0 Å². The minimum atomic E-state index is -0.618. The molecule has 2 aliphatic rings. The number of nitrogens with zero attached hydrogens (tertiary/aromatic N) is 3. The summed E-state index contributed by atoms with van der Waals surface area (Å²) in [5, 5.41) is 20.3. The van der Waals surface area contributed by atoms with E-state index in [0.717, 1.165) is 37.0 Å². The molecular weight excluding hydrogens is 396 g/mol. The second kappa shape index (κ2) is 7.82. The van der Waals surface area contributed by atoms with Crippen molar-refractivity contribution in [2.75, 3.05) is 5.32 Å². The van der Waals surface area contributed by atoms with Crippen LogP contribution in [0.3, 0.4) is 0 Å². The Morgan fingerprint density at radius 1 is 1.10 bits per heavy atom. The van der Waals surface area contributed by atoms with Crippen LogP contribution in [-0.4, -0.2) is 38.5 Å². The normalized spacial score (nSPS) is 18.8. The highest BCUT2D eigenvalue weighted by atomic mass is 16.5. The van der Waals surface area contributed by atoms with Gasteiger partial charge in [0.1, 0.15) is 11.3 Å². The molecule has 9 heteroatoms. The van der Waals surface area contributed by atoms with Gasteiger partial charge in [-0.3, -0.25) is 9.59 Å². The number of nitrogens with one attached hydrogen (secondary N) is 3. The van der Waals surface area contributed by atoms with Crippen LogP contribution in [0.25, 0.3) is 0 Å². The predicted octanol–water partition coefficient (Wildman–Crippen LogP) is 2.34. The number of hydrogen-bond acceptors (Lipinski definition) is 6. The SMILES string of the molecule is O=C(NC1(c2nn[nH]n2)CCCC1)c1cccc(NC(=O)C2Cc3ccccc3O2)c1. The number of rotatable bonds is 5. The van der Waals surface area contributed by atoms with E-state index in [0.29, 0.717) is 23.5 Å². The molecular formula is C22H22N6O3. The molecule has 9 nitrogen and oxygen atoms in total. The van der Waals surface area contributed by atoms with Gasteiger partial charge in [0, 0.05) is 17.7 Å². The maximum absolute atomic E-state index is 13.0. The van der Waals surface area contributed by atoms with Crippen molar-refractivity contribution in [3.8, 4) is 5.75 Å². The predicted molar refractivity (Wildman–Crippen MR) is 111 cm³/mol. The fourth-order valence-electron chi connectivity index (χ4n) is 4.33. The molecule has 0 spiro atoms. The summed E-state index contributed by atoms with van der Waals surface area (Å²) in [5.41, 5.74) is 1.38. The van der Waals surface area contributed by atoms with Crippen LogP contribution < -0.4 is 15.4 Å². The Morgan fingerprint density at radius 2 is 1.94 bits per heavy atom. The molecule has 1 aliphatic heterocycles. The largest absolute Gasteiger partial charge is 0.480 e. The molecule has 2 heterocycles. The number of para-hydroxylation sites is 1. The number of tetrazole rings is 1. The highest BCUT2D eigenvalue weighted by Crippen LogP contribution is 2.37. The van der Waals surface area contributed by atoms with Gasteiger partial charge in [-0.2, -0.15) is 5.21 Å². The lowest BCUT2D eigenvalue weighted by Crippen LogP contribution is -2.44. The van der Waals surface area contributed by atoms with Gasteiger partial charge in [-0.15, -0.1) is 10.2 Å². The van der Waals surface area contributed by atoms with E-state index in [2.05, 4.69) is 31.3 Å². The smallest absolute Gasteiger partial charge is 0.265 e. The summed E-state index contributed by atoms with van der Waals surface area (Å²) < 4.78 is 5.75. The summed E-state index contributed by atoms with van der Waals surface area (Å²) in [4.78, 5) is 25.7. The van der Waals surface area contributed by atoms with E-state index in [4.69, 9.17) is 4.74 Å². The van der Waals surface area contributed by atoms with Crippen LogP contribution >= 0.6 is 0 Å². The Labute approximate surface area is 178 Å². The maximum atomic E-state index is 13.0. The molecule has 3 aromatic rings. The molecule has 31 heavy (non-hydrogen) atoms. The standard InChI is InChI=1S/C22H22N6O3/c29-19(24-22(10-3-4-11-22)21-25-27-28-26-21)15-7-5-8-16(12-15)23-20(30)18-13-14-6-1-2-9-17(14)31-18/h1-2,5-9,12,18H,3-4,10-11,13H2,(H,23,30)(H,24,29)(H,25,26,27,28). The van der Waals surface area contributed by atoms with E-state index in [1.165, 1.54) is 0 Å². The minimum absolute atomic E-state index is 0.243. The lowest BCUT2D eigenvalue weighted by molar-refractivity contribution is -0.122. The van der Waals surface area contributed by atoms with Gasteiger partial charge in [0.25, 0.3) is 11.8 Å². The Balaban J connectivity index is 1.28. The summed E-state index contributed by atoms with van der Waals surface area (Å²) in [6, 6.07) is 14.5. The molecule has 1 aromatic heterocycles. The van der Waals surface area contributed by atoms with Crippen molar-refractivity contribution in [1.82, 2.24) is 25.9 Å². The molecule has 0 bridgehead atoms. The van der Waals surface area contributed by atoms with E-state index in [-0.39, 0.29) is 11.8 Å². The maximum Gasteiger partial charge on any atom is 0.265 e. The van der Waals surface area contributed by atoms with Crippen LogP contribution in [0.1, 0.15) is 47.4 Å². The average Bonchev–Trinajstić information content (AvgIpc) is 3.54. The van der Waals surface area contributed by atoms with Gasteiger partial charge >= 0.3 is 0 Å². The number of H-pyrrole nitrogens is 1. The Kier molecular flexibility index (Phi) is 4.85. The molecule has 158 valence electrons.